The molecular formula is C16H22ClFN2. The Morgan fingerprint density at radius 3 is 2.75 bits per heavy atom. The van der Waals surface area contributed by atoms with E-state index in [9.17, 15) is 4.39 Å². The van der Waals surface area contributed by atoms with Gasteiger partial charge in [-0.1, -0.05) is 30.9 Å². The predicted octanol–water partition coefficient (Wildman–Crippen LogP) is 3.98. The first kappa shape index (κ1) is 14.2. The van der Waals surface area contributed by atoms with Gasteiger partial charge in [-0.25, -0.2) is 4.39 Å². The zero-order valence-electron chi connectivity index (χ0n) is 11.8. The van der Waals surface area contributed by atoms with Gasteiger partial charge in [0.2, 0.25) is 0 Å². The molecule has 0 radical (unpaired) electrons. The first-order valence-corrected chi connectivity index (χ1v) is 8.01. The lowest BCUT2D eigenvalue weighted by molar-refractivity contribution is 0.246. The van der Waals surface area contributed by atoms with Crippen molar-refractivity contribution in [2.75, 3.05) is 24.5 Å². The summed E-state index contributed by atoms with van der Waals surface area (Å²) in [5.41, 5.74) is 1.05. The summed E-state index contributed by atoms with van der Waals surface area (Å²) in [4.78, 5) is 2.27. The molecule has 3 rings (SSSR count). The Morgan fingerprint density at radius 2 is 1.95 bits per heavy atom. The molecule has 1 spiro atoms. The molecule has 20 heavy (non-hydrogen) atoms. The molecule has 1 aromatic carbocycles. The second kappa shape index (κ2) is 5.90. The Morgan fingerprint density at radius 1 is 1.15 bits per heavy atom. The fourth-order valence-electron chi connectivity index (χ4n) is 3.62. The molecule has 1 saturated heterocycles. The lowest BCUT2D eigenvalue weighted by Crippen LogP contribution is -2.52. The van der Waals surface area contributed by atoms with Gasteiger partial charge in [0.25, 0.3) is 0 Å². The van der Waals surface area contributed by atoms with E-state index in [2.05, 4.69) is 10.2 Å². The highest BCUT2D eigenvalue weighted by Crippen LogP contribution is 2.34. The molecule has 1 N–H and O–H groups in total. The van der Waals surface area contributed by atoms with Crippen molar-refractivity contribution in [3.8, 4) is 0 Å². The van der Waals surface area contributed by atoms with Gasteiger partial charge in [-0.05, 0) is 44.0 Å². The molecule has 2 aliphatic rings. The number of nitrogens with one attached hydrogen (secondary N) is 1. The van der Waals surface area contributed by atoms with Gasteiger partial charge < -0.3 is 10.2 Å². The van der Waals surface area contributed by atoms with E-state index in [-0.39, 0.29) is 11.4 Å². The Bertz CT molecular complexity index is 472. The maximum absolute atomic E-state index is 13.5. The van der Waals surface area contributed by atoms with Crippen molar-refractivity contribution < 1.29 is 4.39 Å². The van der Waals surface area contributed by atoms with Crippen LogP contribution in [0.5, 0.6) is 0 Å². The van der Waals surface area contributed by atoms with Gasteiger partial charge in [-0.2, -0.15) is 0 Å². The third-order valence-electron chi connectivity index (χ3n) is 4.66. The second-order valence-electron chi connectivity index (χ2n) is 6.14. The molecule has 0 atom stereocenters. The summed E-state index contributed by atoms with van der Waals surface area (Å²) in [5.74, 6) is -0.209. The minimum absolute atomic E-state index is 0.199. The summed E-state index contributed by atoms with van der Waals surface area (Å²) in [6, 6.07) is 4.67. The fourth-order valence-corrected chi connectivity index (χ4v) is 3.86. The van der Waals surface area contributed by atoms with E-state index in [1.54, 1.807) is 12.1 Å². The van der Waals surface area contributed by atoms with Gasteiger partial charge in [0.1, 0.15) is 5.82 Å². The molecule has 1 saturated carbocycles. The molecule has 0 bridgehead atoms. The van der Waals surface area contributed by atoms with E-state index < -0.39 is 0 Å². The zero-order valence-corrected chi connectivity index (χ0v) is 12.6. The monoisotopic (exact) mass is 296 g/mol. The molecule has 1 aromatic rings. The first-order valence-electron chi connectivity index (χ1n) is 7.64. The average Bonchev–Trinajstić information content (AvgIpc) is 2.65. The Kier molecular flexibility index (Phi) is 4.18. The number of rotatable bonds is 1. The van der Waals surface area contributed by atoms with Crippen LogP contribution >= 0.6 is 11.6 Å². The van der Waals surface area contributed by atoms with E-state index in [4.69, 9.17) is 11.6 Å². The summed E-state index contributed by atoms with van der Waals surface area (Å²) in [5, 5.41) is 4.40. The summed E-state index contributed by atoms with van der Waals surface area (Å²) in [6.45, 7) is 2.93. The lowest BCUT2D eigenvalue weighted by Gasteiger charge is -2.40. The van der Waals surface area contributed by atoms with Crippen LogP contribution in [0.2, 0.25) is 5.02 Å². The largest absolute Gasteiger partial charge is 0.368 e. The van der Waals surface area contributed by atoms with Crippen LogP contribution in [0.4, 0.5) is 10.1 Å². The molecule has 0 amide bonds. The molecule has 4 heteroatoms. The SMILES string of the molecule is Fc1ccc(Cl)c(N2CCCNC3(CCCCC3)C2)c1. The van der Waals surface area contributed by atoms with Crippen LogP contribution in [-0.4, -0.2) is 25.2 Å². The highest BCUT2D eigenvalue weighted by Gasteiger charge is 2.35. The average molecular weight is 297 g/mol. The van der Waals surface area contributed by atoms with Crippen molar-refractivity contribution in [1.82, 2.24) is 5.32 Å². The highest BCUT2D eigenvalue weighted by molar-refractivity contribution is 6.33. The third kappa shape index (κ3) is 2.94. The maximum Gasteiger partial charge on any atom is 0.125 e. The molecule has 2 nitrogen and oxygen atoms in total. The van der Waals surface area contributed by atoms with Crippen LogP contribution in [0.1, 0.15) is 38.5 Å². The number of nitrogens with zero attached hydrogens (tertiary/aromatic N) is 1. The van der Waals surface area contributed by atoms with Crippen LogP contribution in [0.15, 0.2) is 18.2 Å². The fraction of sp³-hybridized carbons (Fsp3) is 0.625. The molecule has 1 aliphatic heterocycles. The smallest absolute Gasteiger partial charge is 0.125 e. The number of halogens is 2. The quantitative estimate of drug-likeness (QED) is 0.843. The number of benzene rings is 1. The van der Waals surface area contributed by atoms with Crippen LogP contribution in [-0.2, 0) is 0 Å². The van der Waals surface area contributed by atoms with Crippen LogP contribution < -0.4 is 10.2 Å². The summed E-state index contributed by atoms with van der Waals surface area (Å²) < 4.78 is 13.5. The van der Waals surface area contributed by atoms with Crippen molar-refractivity contribution in [2.24, 2.45) is 0 Å². The summed E-state index contributed by atoms with van der Waals surface area (Å²) >= 11 is 6.28. The van der Waals surface area contributed by atoms with Crippen LogP contribution in [0.3, 0.4) is 0 Å². The minimum atomic E-state index is -0.209. The van der Waals surface area contributed by atoms with Gasteiger partial charge in [0.05, 0.1) is 10.7 Å². The topological polar surface area (TPSA) is 15.3 Å². The normalized spacial score (nSPS) is 22.8. The van der Waals surface area contributed by atoms with E-state index in [0.717, 1.165) is 31.7 Å². The zero-order chi connectivity index (χ0) is 14.0. The predicted molar refractivity (Wildman–Crippen MR) is 82.1 cm³/mol. The Labute approximate surface area is 125 Å². The maximum atomic E-state index is 13.5. The Hall–Kier alpha value is -0.800. The Balaban J connectivity index is 1.86. The number of hydrogen-bond donors (Lipinski definition) is 1. The summed E-state index contributed by atoms with van der Waals surface area (Å²) in [6.07, 6.45) is 7.43. The van der Waals surface area contributed by atoms with Crippen molar-refractivity contribution in [3.63, 3.8) is 0 Å². The van der Waals surface area contributed by atoms with E-state index in [1.165, 1.54) is 38.2 Å². The third-order valence-corrected chi connectivity index (χ3v) is 4.98. The first-order chi connectivity index (χ1) is 9.69. The molecular weight excluding hydrogens is 275 g/mol. The van der Waals surface area contributed by atoms with E-state index >= 15 is 0 Å². The highest BCUT2D eigenvalue weighted by atomic mass is 35.5. The van der Waals surface area contributed by atoms with Gasteiger partial charge >= 0.3 is 0 Å². The molecule has 1 aliphatic carbocycles. The standard InChI is InChI=1S/C16H22ClFN2/c17-14-6-5-13(18)11-15(14)20-10-4-9-19-16(12-20)7-2-1-3-8-16/h5-6,11,19H,1-4,7-10,12H2. The molecule has 0 unspecified atom stereocenters. The van der Waals surface area contributed by atoms with Crippen LogP contribution in [0.25, 0.3) is 0 Å². The van der Waals surface area contributed by atoms with Crippen LogP contribution in [0, 0.1) is 5.82 Å². The minimum Gasteiger partial charge on any atom is -0.368 e. The van der Waals surface area contributed by atoms with Crippen molar-refractivity contribution in [2.45, 2.75) is 44.1 Å². The lowest BCUT2D eigenvalue weighted by atomic mass is 9.81. The van der Waals surface area contributed by atoms with Gasteiger partial charge in [-0.3, -0.25) is 0 Å². The van der Waals surface area contributed by atoms with Crippen molar-refractivity contribution in [3.05, 3.63) is 29.0 Å². The van der Waals surface area contributed by atoms with E-state index in [0.29, 0.717) is 5.02 Å². The summed E-state index contributed by atoms with van der Waals surface area (Å²) in [7, 11) is 0. The number of hydrogen-bond acceptors (Lipinski definition) is 2. The van der Waals surface area contributed by atoms with Gasteiger partial charge in [0, 0.05) is 18.6 Å². The molecule has 110 valence electrons. The molecule has 0 aromatic heterocycles. The van der Waals surface area contributed by atoms with Crippen molar-refractivity contribution >= 4 is 17.3 Å². The van der Waals surface area contributed by atoms with Gasteiger partial charge in [-0.15, -0.1) is 0 Å². The molecule has 1 heterocycles. The van der Waals surface area contributed by atoms with Gasteiger partial charge in [0.15, 0.2) is 0 Å². The van der Waals surface area contributed by atoms with Crippen molar-refractivity contribution in [1.29, 1.82) is 0 Å². The number of anilines is 1. The van der Waals surface area contributed by atoms with E-state index in [1.807, 2.05) is 0 Å². The molecule has 2 fully saturated rings. The second-order valence-corrected chi connectivity index (χ2v) is 6.55.